The van der Waals surface area contributed by atoms with Gasteiger partial charge < -0.3 is 34.6 Å². The summed E-state index contributed by atoms with van der Waals surface area (Å²) in [6.45, 7) is 10.9. The summed E-state index contributed by atoms with van der Waals surface area (Å²) in [7, 11) is 3.93. The number of unbranched alkanes of at least 4 members (excludes halogenated alkanes) is 3. The number of aromatic nitrogens is 3. The summed E-state index contributed by atoms with van der Waals surface area (Å²) in [6.07, 6.45) is 9.74. The Morgan fingerprint density at radius 1 is 0.915 bits per heavy atom. The fourth-order valence-electron chi connectivity index (χ4n) is 9.14. The first kappa shape index (κ1) is 42.2. The molecule has 3 aliphatic heterocycles. The van der Waals surface area contributed by atoms with Crippen molar-refractivity contribution < 1.29 is 19.1 Å². The van der Waals surface area contributed by atoms with Crippen molar-refractivity contribution in [2.75, 3.05) is 73.0 Å². The molecule has 5 heterocycles. The Hall–Kier alpha value is -4.95. The van der Waals surface area contributed by atoms with Crippen LogP contribution in [0.1, 0.15) is 80.9 Å². The Labute approximate surface area is 347 Å². The van der Waals surface area contributed by atoms with E-state index < -0.39 is 6.04 Å². The van der Waals surface area contributed by atoms with Crippen LogP contribution in [0.5, 0.6) is 0 Å². The average molecular weight is 810 g/mol. The first-order valence-corrected chi connectivity index (χ1v) is 21.8. The number of H-pyrrole nitrogens is 1. The van der Waals surface area contributed by atoms with E-state index in [1.165, 1.54) is 0 Å². The third-order valence-corrected chi connectivity index (χ3v) is 12.8. The molecule has 0 spiro atoms. The minimum atomic E-state index is -0.765. The Morgan fingerprint density at radius 3 is 2.41 bits per heavy atom. The summed E-state index contributed by atoms with van der Waals surface area (Å²) < 4.78 is 7.21. The van der Waals surface area contributed by atoms with Gasteiger partial charge in [0.2, 0.25) is 5.91 Å². The molecule has 318 valence electrons. The van der Waals surface area contributed by atoms with Crippen LogP contribution >= 0.6 is 0 Å². The van der Waals surface area contributed by atoms with Crippen LogP contribution in [0.3, 0.4) is 0 Å². The van der Waals surface area contributed by atoms with Crippen molar-refractivity contribution >= 4 is 39.8 Å². The molecule has 3 aliphatic rings. The predicted octanol–water partition coefficient (Wildman–Crippen LogP) is 5.53. The molecular weight excluding hydrogens is 747 g/mol. The summed E-state index contributed by atoms with van der Waals surface area (Å²) in [5, 5.41) is 9.74. The number of carbonyl (C=O) groups excluding carboxylic acids is 3. The molecule has 0 radical (unpaired) electrons. The number of piperazine rings is 1. The lowest BCUT2D eigenvalue weighted by molar-refractivity contribution is -0.135. The molecule has 1 unspecified atom stereocenters. The number of aryl methyl sites for hydroxylation is 1. The Balaban J connectivity index is 1.02. The molecule has 4 amide bonds. The van der Waals surface area contributed by atoms with Crippen LogP contribution in [0, 0.1) is 6.92 Å². The lowest BCUT2D eigenvalue weighted by Gasteiger charge is -2.43. The maximum absolute atomic E-state index is 14.4. The highest BCUT2D eigenvalue weighted by Gasteiger charge is 2.34. The Kier molecular flexibility index (Phi) is 13.9. The number of carbonyl (C=O) groups is 3. The summed E-state index contributed by atoms with van der Waals surface area (Å²) in [6, 6.07) is 13.3. The van der Waals surface area contributed by atoms with Crippen LogP contribution in [-0.2, 0) is 22.7 Å². The van der Waals surface area contributed by atoms with Gasteiger partial charge in [-0.3, -0.25) is 14.5 Å². The van der Waals surface area contributed by atoms with Crippen molar-refractivity contribution in [1.82, 2.24) is 44.6 Å². The topological polar surface area (TPSA) is 139 Å². The zero-order valence-electron chi connectivity index (χ0n) is 35.5. The van der Waals surface area contributed by atoms with E-state index in [2.05, 4.69) is 34.1 Å². The van der Waals surface area contributed by atoms with Crippen LogP contribution in [-0.4, -0.2) is 142 Å². The van der Waals surface area contributed by atoms with Crippen LogP contribution in [0.2, 0.25) is 0 Å². The van der Waals surface area contributed by atoms with Crippen molar-refractivity contribution in [3.8, 4) is 0 Å². The SMILES string of the molecule is CCCCCCN(C)C(=O)OCn1cc2cc(CC(NC(=O)N3CCC(c4cc5ccccc5[nH]c4=O)CC3)C(=O)N3CCN(C4CCN(C)CC4)CC3)cc(C)c2n1. The number of hydrogen-bond acceptors (Lipinski definition) is 8. The van der Waals surface area contributed by atoms with Gasteiger partial charge in [0.25, 0.3) is 5.56 Å². The largest absolute Gasteiger partial charge is 0.426 e. The molecule has 14 nitrogen and oxygen atoms in total. The van der Waals surface area contributed by atoms with Crippen LogP contribution < -0.4 is 10.9 Å². The second kappa shape index (κ2) is 19.4. The molecule has 2 aromatic carbocycles. The van der Waals surface area contributed by atoms with Crippen LogP contribution in [0.4, 0.5) is 9.59 Å². The van der Waals surface area contributed by atoms with Crippen LogP contribution in [0.15, 0.2) is 53.5 Å². The maximum atomic E-state index is 14.4. The summed E-state index contributed by atoms with van der Waals surface area (Å²) in [4.78, 5) is 67.4. The number of nitrogens with one attached hydrogen (secondary N) is 2. The van der Waals surface area contributed by atoms with E-state index >= 15 is 0 Å². The number of benzene rings is 2. The minimum absolute atomic E-state index is 0.00572. The second-order valence-corrected chi connectivity index (χ2v) is 17.0. The average Bonchev–Trinajstić information content (AvgIpc) is 3.67. The van der Waals surface area contributed by atoms with Gasteiger partial charge in [-0.15, -0.1) is 0 Å². The monoisotopic (exact) mass is 809 g/mol. The van der Waals surface area contributed by atoms with Crippen molar-refractivity contribution in [2.45, 2.75) is 96.4 Å². The Morgan fingerprint density at radius 2 is 1.66 bits per heavy atom. The molecule has 2 N–H and O–H groups in total. The van der Waals surface area contributed by atoms with Crippen molar-refractivity contribution in [3.63, 3.8) is 0 Å². The lowest BCUT2D eigenvalue weighted by Crippen LogP contribution is -2.59. The molecule has 3 fully saturated rings. The highest BCUT2D eigenvalue weighted by molar-refractivity contribution is 5.88. The number of amides is 4. The minimum Gasteiger partial charge on any atom is -0.426 e. The fraction of sp³-hybridized carbons (Fsp3) is 0.578. The Bertz CT molecular complexity index is 2130. The number of urea groups is 1. The van der Waals surface area contributed by atoms with Gasteiger partial charge in [-0.05, 0) is 99.8 Å². The summed E-state index contributed by atoms with van der Waals surface area (Å²) >= 11 is 0. The van der Waals surface area contributed by atoms with E-state index in [0.717, 1.165) is 103 Å². The molecule has 2 aromatic heterocycles. The standard InChI is InChI=1S/C45H63N9O5/c1-5-6-7-10-17-50(4)45(58)59-31-54-30-36-27-33(26-32(2)41(36)48-54)28-40(43(56)52-24-22-51(23-25-52)37-15-18-49(3)19-16-37)47-44(57)53-20-13-34(14-21-53)38-29-35-11-8-9-12-39(35)46-42(38)55/h8-9,11-12,26-27,29-30,34,37,40H,5-7,10,13-25,28,31H2,1-4H3,(H,46,55)(H,47,57). The van der Waals surface area contributed by atoms with Gasteiger partial charge in [-0.25, -0.2) is 14.3 Å². The highest BCUT2D eigenvalue weighted by Crippen LogP contribution is 2.28. The lowest BCUT2D eigenvalue weighted by atomic mass is 9.89. The number of ether oxygens (including phenoxy) is 1. The molecule has 59 heavy (non-hydrogen) atoms. The molecule has 4 aromatic rings. The zero-order chi connectivity index (χ0) is 41.5. The van der Waals surface area contributed by atoms with Gasteiger partial charge in [0, 0.05) is 88.0 Å². The first-order valence-electron chi connectivity index (χ1n) is 21.8. The molecule has 0 bridgehead atoms. The van der Waals surface area contributed by atoms with Crippen molar-refractivity contribution in [3.05, 3.63) is 75.7 Å². The van der Waals surface area contributed by atoms with E-state index in [4.69, 9.17) is 9.84 Å². The number of fused-ring (bicyclic) bond motifs is 2. The molecule has 7 rings (SSSR count). The molecule has 14 heteroatoms. The molecule has 3 saturated heterocycles. The van der Waals surface area contributed by atoms with E-state index in [1.807, 2.05) is 60.5 Å². The number of hydrogen-bond donors (Lipinski definition) is 2. The number of piperidine rings is 2. The van der Waals surface area contributed by atoms with Gasteiger partial charge in [-0.2, -0.15) is 5.10 Å². The van der Waals surface area contributed by atoms with E-state index in [0.29, 0.717) is 58.0 Å². The van der Waals surface area contributed by atoms with Gasteiger partial charge in [0.15, 0.2) is 6.73 Å². The van der Waals surface area contributed by atoms with Gasteiger partial charge >= 0.3 is 12.1 Å². The maximum Gasteiger partial charge on any atom is 0.411 e. The molecular formula is C45H63N9O5. The van der Waals surface area contributed by atoms with E-state index in [1.54, 1.807) is 21.5 Å². The van der Waals surface area contributed by atoms with Crippen molar-refractivity contribution in [1.29, 1.82) is 0 Å². The van der Waals surface area contributed by atoms with E-state index in [-0.39, 0.29) is 36.2 Å². The van der Waals surface area contributed by atoms with E-state index in [9.17, 15) is 19.2 Å². The van der Waals surface area contributed by atoms with Gasteiger partial charge in [0.05, 0.1) is 5.52 Å². The fourth-order valence-corrected chi connectivity index (χ4v) is 9.14. The summed E-state index contributed by atoms with van der Waals surface area (Å²) in [5.74, 6) is -0.0283. The number of pyridine rings is 1. The number of nitrogens with zero attached hydrogens (tertiary/aromatic N) is 7. The number of para-hydroxylation sites is 1. The molecule has 1 atom stereocenters. The third kappa shape index (κ3) is 10.4. The predicted molar refractivity (Wildman–Crippen MR) is 231 cm³/mol. The second-order valence-electron chi connectivity index (χ2n) is 17.0. The number of rotatable bonds is 13. The first-order chi connectivity index (χ1) is 28.6. The van der Waals surface area contributed by atoms with Gasteiger partial charge in [0.1, 0.15) is 6.04 Å². The quantitative estimate of drug-likeness (QED) is 0.168. The van der Waals surface area contributed by atoms with Crippen molar-refractivity contribution in [2.24, 2.45) is 0 Å². The summed E-state index contributed by atoms with van der Waals surface area (Å²) in [5.41, 5.74) is 4.14. The van der Waals surface area contributed by atoms with Crippen LogP contribution in [0.25, 0.3) is 21.8 Å². The molecule has 0 aliphatic carbocycles. The third-order valence-electron chi connectivity index (χ3n) is 12.8. The smallest absolute Gasteiger partial charge is 0.411 e. The zero-order valence-corrected chi connectivity index (χ0v) is 35.5. The van der Waals surface area contributed by atoms with Gasteiger partial charge in [-0.1, -0.05) is 50.5 Å². The highest BCUT2D eigenvalue weighted by atomic mass is 16.6. The normalized spacial score (nSPS) is 18.0. The number of aromatic amines is 1. The molecule has 0 saturated carbocycles. The number of likely N-dealkylation sites (tertiary alicyclic amines) is 2.